The average molecular weight is 239 g/mol. The number of aldehydes is 1. The standard InChI is InChI=1S/C11H8ClFN2O/c12-11-2-1-10(13)3-9(11)6-15-5-8(7-16)4-14-15/h1-5,7H,6H2. The number of halogens is 2. The van der Waals surface area contributed by atoms with Gasteiger partial charge >= 0.3 is 0 Å². The second-order valence-electron chi connectivity index (χ2n) is 3.32. The third kappa shape index (κ3) is 2.28. The van der Waals surface area contributed by atoms with E-state index in [0.29, 0.717) is 29.0 Å². The van der Waals surface area contributed by atoms with Gasteiger partial charge in [0.1, 0.15) is 5.82 Å². The summed E-state index contributed by atoms with van der Waals surface area (Å²) in [5.41, 5.74) is 1.11. The topological polar surface area (TPSA) is 34.9 Å². The van der Waals surface area contributed by atoms with E-state index in [1.54, 1.807) is 6.20 Å². The Morgan fingerprint density at radius 2 is 2.31 bits per heavy atom. The highest BCUT2D eigenvalue weighted by atomic mass is 35.5. The summed E-state index contributed by atoms with van der Waals surface area (Å²) in [5, 5.41) is 4.43. The molecule has 0 aliphatic carbocycles. The Hall–Kier alpha value is -1.68. The number of nitrogens with zero attached hydrogens (tertiary/aromatic N) is 2. The summed E-state index contributed by atoms with van der Waals surface area (Å²) in [5.74, 6) is -0.345. The van der Waals surface area contributed by atoms with Gasteiger partial charge in [0.15, 0.2) is 6.29 Å². The van der Waals surface area contributed by atoms with E-state index in [1.807, 2.05) is 0 Å². The molecule has 1 aromatic carbocycles. The lowest BCUT2D eigenvalue weighted by molar-refractivity contribution is 0.112. The van der Waals surface area contributed by atoms with Crippen molar-refractivity contribution in [2.45, 2.75) is 6.54 Å². The second kappa shape index (κ2) is 4.45. The van der Waals surface area contributed by atoms with Crippen molar-refractivity contribution in [3.8, 4) is 0 Å². The lowest BCUT2D eigenvalue weighted by Crippen LogP contribution is -2.01. The maximum Gasteiger partial charge on any atom is 0.153 e. The Morgan fingerprint density at radius 1 is 1.50 bits per heavy atom. The van der Waals surface area contributed by atoms with Crippen LogP contribution in [0.25, 0.3) is 0 Å². The maximum absolute atomic E-state index is 13.0. The van der Waals surface area contributed by atoms with Crippen LogP contribution in [0.5, 0.6) is 0 Å². The normalized spacial score (nSPS) is 10.4. The van der Waals surface area contributed by atoms with Crippen molar-refractivity contribution in [1.82, 2.24) is 9.78 Å². The van der Waals surface area contributed by atoms with Gasteiger partial charge in [-0.05, 0) is 23.8 Å². The summed E-state index contributed by atoms with van der Waals surface area (Å²) in [6, 6.07) is 4.15. The fourth-order valence-corrected chi connectivity index (χ4v) is 1.54. The molecule has 1 heterocycles. The number of rotatable bonds is 3. The molecule has 0 N–H and O–H groups in total. The zero-order valence-electron chi connectivity index (χ0n) is 8.23. The van der Waals surface area contributed by atoms with Crippen LogP contribution in [0.2, 0.25) is 5.02 Å². The Kier molecular flexibility index (Phi) is 3.01. The molecule has 0 bridgehead atoms. The van der Waals surface area contributed by atoms with Gasteiger partial charge < -0.3 is 0 Å². The van der Waals surface area contributed by atoms with Crippen LogP contribution in [0.15, 0.2) is 30.6 Å². The van der Waals surface area contributed by atoms with E-state index in [2.05, 4.69) is 5.10 Å². The van der Waals surface area contributed by atoms with Crippen molar-refractivity contribution in [2.24, 2.45) is 0 Å². The Labute approximate surface area is 96.5 Å². The van der Waals surface area contributed by atoms with Crippen molar-refractivity contribution in [3.05, 3.63) is 52.6 Å². The number of carbonyl (C=O) groups excluding carboxylic acids is 1. The molecule has 2 rings (SSSR count). The van der Waals surface area contributed by atoms with E-state index >= 15 is 0 Å². The van der Waals surface area contributed by atoms with E-state index in [4.69, 9.17) is 11.6 Å². The number of hydrogen-bond acceptors (Lipinski definition) is 2. The molecule has 82 valence electrons. The van der Waals surface area contributed by atoms with Gasteiger partial charge in [0.05, 0.1) is 18.3 Å². The number of hydrogen-bond donors (Lipinski definition) is 0. The molecule has 3 nitrogen and oxygen atoms in total. The third-order valence-corrected chi connectivity index (χ3v) is 2.50. The van der Waals surface area contributed by atoms with Crippen molar-refractivity contribution < 1.29 is 9.18 Å². The molecule has 0 fully saturated rings. The molecule has 0 unspecified atom stereocenters. The van der Waals surface area contributed by atoms with Crippen molar-refractivity contribution in [2.75, 3.05) is 0 Å². The number of aromatic nitrogens is 2. The highest BCUT2D eigenvalue weighted by Crippen LogP contribution is 2.17. The van der Waals surface area contributed by atoms with Gasteiger partial charge in [-0.15, -0.1) is 0 Å². The summed E-state index contributed by atoms with van der Waals surface area (Å²) in [6.07, 6.45) is 3.73. The number of benzene rings is 1. The minimum absolute atomic E-state index is 0.338. The summed E-state index contributed by atoms with van der Waals surface area (Å²) in [4.78, 5) is 10.5. The Bertz CT molecular complexity index is 524. The molecule has 0 atom stereocenters. The second-order valence-corrected chi connectivity index (χ2v) is 3.73. The molecule has 5 heteroatoms. The van der Waals surface area contributed by atoms with Gasteiger partial charge in [-0.1, -0.05) is 11.6 Å². The van der Waals surface area contributed by atoms with E-state index < -0.39 is 0 Å². The van der Waals surface area contributed by atoms with Crippen LogP contribution in [0.4, 0.5) is 4.39 Å². The molecule has 0 saturated heterocycles. The first kappa shape index (κ1) is 10.8. The van der Waals surface area contributed by atoms with Gasteiger partial charge in [0, 0.05) is 11.2 Å². The highest BCUT2D eigenvalue weighted by molar-refractivity contribution is 6.31. The van der Waals surface area contributed by atoms with Crippen LogP contribution in [0.1, 0.15) is 15.9 Å². The van der Waals surface area contributed by atoms with E-state index in [-0.39, 0.29) is 5.82 Å². The molecular weight excluding hydrogens is 231 g/mol. The third-order valence-electron chi connectivity index (χ3n) is 2.13. The van der Waals surface area contributed by atoms with Gasteiger partial charge in [0.2, 0.25) is 0 Å². The molecule has 0 saturated carbocycles. The first-order valence-corrected chi connectivity index (χ1v) is 4.98. The fraction of sp³-hybridized carbons (Fsp3) is 0.0909. The molecule has 0 spiro atoms. The predicted molar refractivity (Wildman–Crippen MR) is 58.1 cm³/mol. The molecule has 1 aromatic heterocycles. The van der Waals surface area contributed by atoms with E-state index in [0.717, 1.165) is 0 Å². The summed E-state index contributed by atoms with van der Waals surface area (Å²) < 4.78 is 14.5. The smallest absolute Gasteiger partial charge is 0.153 e. The predicted octanol–water partition coefficient (Wildman–Crippen LogP) is 2.54. The Morgan fingerprint density at radius 3 is 3.00 bits per heavy atom. The van der Waals surface area contributed by atoms with Gasteiger partial charge in [-0.25, -0.2) is 4.39 Å². The monoisotopic (exact) mass is 238 g/mol. The summed E-state index contributed by atoms with van der Waals surface area (Å²) in [7, 11) is 0. The van der Waals surface area contributed by atoms with Crippen LogP contribution in [0.3, 0.4) is 0 Å². The van der Waals surface area contributed by atoms with Crippen LogP contribution < -0.4 is 0 Å². The first-order valence-electron chi connectivity index (χ1n) is 4.60. The summed E-state index contributed by atoms with van der Waals surface area (Å²) in [6.45, 7) is 0.338. The van der Waals surface area contributed by atoms with Crippen molar-refractivity contribution in [1.29, 1.82) is 0 Å². The van der Waals surface area contributed by atoms with Crippen molar-refractivity contribution in [3.63, 3.8) is 0 Å². The van der Waals surface area contributed by atoms with E-state index in [9.17, 15) is 9.18 Å². The Balaban J connectivity index is 2.26. The average Bonchev–Trinajstić information content (AvgIpc) is 2.71. The lowest BCUT2D eigenvalue weighted by Gasteiger charge is -2.04. The van der Waals surface area contributed by atoms with Crippen LogP contribution in [0, 0.1) is 5.82 Å². The zero-order chi connectivity index (χ0) is 11.5. The largest absolute Gasteiger partial charge is 0.298 e. The molecule has 2 aromatic rings. The quantitative estimate of drug-likeness (QED) is 0.771. The number of carbonyl (C=O) groups is 1. The zero-order valence-corrected chi connectivity index (χ0v) is 8.99. The minimum Gasteiger partial charge on any atom is -0.298 e. The van der Waals surface area contributed by atoms with Crippen molar-refractivity contribution >= 4 is 17.9 Å². The van der Waals surface area contributed by atoms with Gasteiger partial charge in [-0.2, -0.15) is 5.10 Å². The fourth-order valence-electron chi connectivity index (χ4n) is 1.37. The van der Waals surface area contributed by atoms with Crippen LogP contribution in [-0.2, 0) is 6.54 Å². The SMILES string of the molecule is O=Cc1cnn(Cc2cc(F)ccc2Cl)c1. The molecular formula is C11H8ClFN2O. The summed E-state index contributed by atoms with van der Waals surface area (Å²) >= 11 is 5.91. The molecule has 16 heavy (non-hydrogen) atoms. The molecule has 0 aliphatic rings. The minimum atomic E-state index is -0.345. The lowest BCUT2D eigenvalue weighted by atomic mass is 10.2. The first-order chi connectivity index (χ1) is 7.69. The van der Waals surface area contributed by atoms with E-state index in [1.165, 1.54) is 29.1 Å². The molecule has 0 amide bonds. The maximum atomic E-state index is 13.0. The molecule has 0 aliphatic heterocycles. The van der Waals surface area contributed by atoms with Gasteiger partial charge in [0.25, 0.3) is 0 Å². The highest BCUT2D eigenvalue weighted by Gasteiger charge is 2.04. The molecule has 0 radical (unpaired) electrons. The van der Waals surface area contributed by atoms with Crippen LogP contribution >= 0.6 is 11.6 Å². The van der Waals surface area contributed by atoms with Crippen LogP contribution in [-0.4, -0.2) is 16.1 Å². The van der Waals surface area contributed by atoms with Gasteiger partial charge in [-0.3, -0.25) is 9.48 Å².